The van der Waals surface area contributed by atoms with E-state index in [1.165, 1.54) is 30.4 Å². The Hall–Kier alpha value is -0.820. The Balaban J connectivity index is 2.36. The van der Waals surface area contributed by atoms with Gasteiger partial charge < -0.3 is 5.11 Å². The van der Waals surface area contributed by atoms with Crippen molar-refractivity contribution in [2.75, 3.05) is 6.61 Å². The Morgan fingerprint density at radius 1 is 1.33 bits per heavy atom. The lowest BCUT2D eigenvalue weighted by Gasteiger charge is -2.37. The second kappa shape index (κ2) is 4.36. The standard InChI is InChI=1S/C14H19O/c1-12-7-3-4-8-13(12)14(11-15)9-5-2-6-10-14/h4,7-8,15H,2,5-6,9-11H2,1H3. The van der Waals surface area contributed by atoms with Crippen molar-refractivity contribution in [1.29, 1.82) is 0 Å². The van der Waals surface area contributed by atoms with Crippen LogP contribution in [0.15, 0.2) is 18.2 Å². The molecule has 0 aromatic heterocycles. The fourth-order valence-electron chi connectivity index (χ4n) is 2.85. The molecule has 81 valence electrons. The van der Waals surface area contributed by atoms with E-state index >= 15 is 0 Å². The van der Waals surface area contributed by atoms with Crippen LogP contribution in [0.2, 0.25) is 0 Å². The normalized spacial score (nSPS) is 20.1. The highest BCUT2D eigenvalue weighted by Crippen LogP contribution is 2.40. The molecule has 0 atom stereocenters. The van der Waals surface area contributed by atoms with Crippen LogP contribution < -0.4 is 0 Å². The average molecular weight is 203 g/mol. The molecule has 0 bridgehead atoms. The summed E-state index contributed by atoms with van der Waals surface area (Å²) >= 11 is 0. The highest BCUT2D eigenvalue weighted by molar-refractivity contribution is 5.33. The molecule has 1 saturated carbocycles. The van der Waals surface area contributed by atoms with E-state index in [1.807, 2.05) is 12.1 Å². The zero-order chi connectivity index (χ0) is 10.7. The van der Waals surface area contributed by atoms with Crippen LogP contribution in [0.5, 0.6) is 0 Å². The van der Waals surface area contributed by atoms with E-state index in [1.54, 1.807) is 0 Å². The number of benzene rings is 1. The largest absolute Gasteiger partial charge is 0.395 e. The second-order valence-corrected chi connectivity index (χ2v) is 4.74. The molecule has 1 aliphatic carbocycles. The fraction of sp³-hybridized carbons (Fsp3) is 0.571. The third-order valence-electron chi connectivity index (χ3n) is 3.76. The smallest absolute Gasteiger partial charge is 0.0528 e. The molecule has 1 fully saturated rings. The summed E-state index contributed by atoms with van der Waals surface area (Å²) in [6.45, 7) is 2.41. The van der Waals surface area contributed by atoms with Crippen molar-refractivity contribution in [2.45, 2.75) is 44.4 Å². The summed E-state index contributed by atoms with van der Waals surface area (Å²) in [7, 11) is 0. The van der Waals surface area contributed by atoms with Gasteiger partial charge in [-0.05, 0) is 37.0 Å². The Bertz CT molecular complexity index is 324. The molecule has 0 spiro atoms. The highest BCUT2D eigenvalue weighted by Gasteiger charge is 2.33. The highest BCUT2D eigenvalue weighted by atomic mass is 16.3. The van der Waals surface area contributed by atoms with Crippen LogP contribution in [0, 0.1) is 13.0 Å². The van der Waals surface area contributed by atoms with E-state index in [4.69, 9.17) is 0 Å². The molecule has 0 heterocycles. The summed E-state index contributed by atoms with van der Waals surface area (Å²) in [5.74, 6) is 0. The van der Waals surface area contributed by atoms with Gasteiger partial charge in [-0.25, -0.2) is 0 Å². The second-order valence-electron chi connectivity index (χ2n) is 4.74. The number of hydrogen-bond acceptors (Lipinski definition) is 1. The maximum atomic E-state index is 9.71. The molecule has 15 heavy (non-hydrogen) atoms. The molecule has 1 N–H and O–H groups in total. The van der Waals surface area contributed by atoms with Crippen molar-refractivity contribution in [1.82, 2.24) is 0 Å². The van der Waals surface area contributed by atoms with Gasteiger partial charge in [0, 0.05) is 5.41 Å². The van der Waals surface area contributed by atoms with E-state index in [0.29, 0.717) is 0 Å². The molecule has 0 saturated heterocycles. The van der Waals surface area contributed by atoms with Crippen LogP contribution in [0.25, 0.3) is 0 Å². The third kappa shape index (κ3) is 1.93. The first-order valence-electron chi connectivity index (χ1n) is 5.86. The van der Waals surface area contributed by atoms with Crippen molar-refractivity contribution >= 4 is 0 Å². The summed E-state index contributed by atoms with van der Waals surface area (Å²) in [5.41, 5.74) is 2.65. The van der Waals surface area contributed by atoms with Crippen molar-refractivity contribution in [3.05, 3.63) is 35.4 Å². The van der Waals surface area contributed by atoms with Gasteiger partial charge >= 0.3 is 0 Å². The monoisotopic (exact) mass is 203 g/mol. The van der Waals surface area contributed by atoms with Crippen molar-refractivity contribution in [3.8, 4) is 0 Å². The Morgan fingerprint density at radius 3 is 2.67 bits per heavy atom. The van der Waals surface area contributed by atoms with Gasteiger partial charge in [0.05, 0.1) is 6.61 Å². The Kier molecular flexibility index (Phi) is 3.11. The quantitative estimate of drug-likeness (QED) is 0.783. The first-order chi connectivity index (χ1) is 7.28. The van der Waals surface area contributed by atoms with E-state index < -0.39 is 0 Å². The molecule has 1 aliphatic rings. The summed E-state index contributed by atoms with van der Waals surface area (Å²) in [6, 6.07) is 9.23. The maximum absolute atomic E-state index is 9.71. The van der Waals surface area contributed by atoms with Crippen molar-refractivity contribution in [3.63, 3.8) is 0 Å². The molecule has 1 heteroatoms. The SMILES string of the molecule is Cc1c[c]ccc1C1(CO)CCCCC1. The molecule has 0 aliphatic heterocycles. The zero-order valence-corrected chi connectivity index (χ0v) is 9.42. The molecule has 1 aromatic rings. The minimum atomic E-state index is 0.0391. The Morgan fingerprint density at radius 2 is 2.07 bits per heavy atom. The van der Waals surface area contributed by atoms with Crippen molar-refractivity contribution < 1.29 is 5.11 Å². The zero-order valence-electron chi connectivity index (χ0n) is 9.42. The summed E-state index contributed by atoms with van der Waals surface area (Å²) in [4.78, 5) is 0. The summed E-state index contributed by atoms with van der Waals surface area (Å²) in [5, 5.41) is 9.71. The van der Waals surface area contributed by atoms with Gasteiger partial charge in [-0.15, -0.1) is 0 Å². The summed E-state index contributed by atoms with van der Waals surface area (Å²) < 4.78 is 0. The average Bonchev–Trinajstić information content (AvgIpc) is 2.30. The van der Waals surface area contributed by atoms with E-state index in [2.05, 4.69) is 19.1 Å². The minimum absolute atomic E-state index is 0.0391. The lowest BCUT2D eigenvalue weighted by Crippen LogP contribution is -2.33. The van der Waals surface area contributed by atoms with Crippen LogP contribution in [0.4, 0.5) is 0 Å². The number of aliphatic hydroxyl groups is 1. The first-order valence-corrected chi connectivity index (χ1v) is 5.86. The van der Waals surface area contributed by atoms with Gasteiger partial charge in [-0.1, -0.05) is 37.5 Å². The van der Waals surface area contributed by atoms with E-state index in [-0.39, 0.29) is 12.0 Å². The number of aryl methyl sites for hydroxylation is 1. The molecule has 1 radical (unpaired) electrons. The third-order valence-corrected chi connectivity index (χ3v) is 3.76. The minimum Gasteiger partial charge on any atom is -0.395 e. The molecule has 1 aromatic carbocycles. The van der Waals surface area contributed by atoms with Gasteiger partial charge in [-0.2, -0.15) is 0 Å². The van der Waals surface area contributed by atoms with E-state index in [9.17, 15) is 5.11 Å². The molecule has 2 rings (SSSR count). The molecule has 0 amide bonds. The number of hydrogen-bond donors (Lipinski definition) is 1. The predicted octanol–water partition coefficient (Wildman–Crippen LogP) is 2.99. The molecule has 0 unspecified atom stereocenters. The topological polar surface area (TPSA) is 20.2 Å². The van der Waals surface area contributed by atoms with Crippen LogP contribution in [-0.4, -0.2) is 11.7 Å². The van der Waals surface area contributed by atoms with Gasteiger partial charge in [0.25, 0.3) is 0 Å². The van der Waals surface area contributed by atoms with Crippen LogP contribution in [-0.2, 0) is 5.41 Å². The van der Waals surface area contributed by atoms with Crippen molar-refractivity contribution in [2.24, 2.45) is 0 Å². The molecular formula is C14H19O. The van der Waals surface area contributed by atoms with Crippen LogP contribution in [0.1, 0.15) is 43.2 Å². The first kappa shape index (κ1) is 10.7. The molecular weight excluding hydrogens is 184 g/mol. The van der Waals surface area contributed by atoms with E-state index in [0.717, 1.165) is 12.8 Å². The Labute approximate surface area is 92.1 Å². The number of rotatable bonds is 2. The van der Waals surface area contributed by atoms with Crippen LogP contribution in [0.3, 0.4) is 0 Å². The fourth-order valence-corrected chi connectivity index (χ4v) is 2.85. The maximum Gasteiger partial charge on any atom is 0.0528 e. The van der Waals surface area contributed by atoms with Gasteiger partial charge in [-0.3, -0.25) is 0 Å². The van der Waals surface area contributed by atoms with Gasteiger partial charge in [0.1, 0.15) is 0 Å². The lowest BCUT2D eigenvalue weighted by molar-refractivity contribution is 0.151. The lowest BCUT2D eigenvalue weighted by atomic mass is 9.69. The predicted molar refractivity (Wildman–Crippen MR) is 61.9 cm³/mol. The number of aliphatic hydroxyl groups excluding tert-OH is 1. The van der Waals surface area contributed by atoms with Crippen LogP contribution >= 0.6 is 0 Å². The summed E-state index contributed by atoms with van der Waals surface area (Å²) in [6.07, 6.45) is 6.08. The van der Waals surface area contributed by atoms with Gasteiger partial charge in [0.2, 0.25) is 0 Å². The molecule has 1 nitrogen and oxygen atoms in total. The van der Waals surface area contributed by atoms with Gasteiger partial charge in [0.15, 0.2) is 0 Å².